The number of hydrogen-bond acceptors (Lipinski definition) is 2. The van der Waals surface area contributed by atoms with Crippen LogP contribution >= 0.6 is 15.9 Å². The Morgan fingerprint density at radius 1 is 1.41 bits per heavy atom. The lowest BCUT2D eigenvalue weighted by Gasteiger charge is -2.11. The number of anilines is 1. The zero-order valence-electron chi connectivity index (χ0n) is 9.76. The number of aryl methyl sites for hydroxylation is 1. The van der Waals surface area contributed by atoms with E-state index in [1.807, 2.05) is 6.92 Å². The summed E-state index contributed by atoms with van der Waals surface area (Å²) in [5.41, 5.74) is 0.972. The van der Waals surface area contributed by atoms with Gasteiger partial charge in [0.15, 0.2) is 0 Å². The fraction of sp³-hybridized carbons (Fsp3) is 0.455. The number of benzene rings is 1. The zero-order valence-corrected chi connectivity index (χ0v) is 12.2. The molecule has 0 aliphatic carbocycles. The molecular weight excluding hydrogens is 309 g/mol. The second kappa shape index (κ2) is 5.82. The molecule has 0 saturated carbocycles. The molecule has 0 aliphatic rings. The molecular formula is C11H15BrFNO2S. The third kappa shape index (κ3) is 4.27. The van der Waals surface area contributed by atoms with E-state index in [9.17, 15) is 12.8 Å². The minimum absolute atomic E-state index is 0.0562. The monoisotopic (exact) mass is 323 g/mol. The number of halogens is 2. The standard InChI is InChI=1S/C11H15BrFNO2S/c1-3-4-5-17(15,16)14-11-7-10(13)9(12)6-8(11)2/h6-7,14H,3-5H2,1-2H3. The van der Waals surface area contributed by atoms with Gasteiger partial charge >= 0.3 is 0 Å². The minimum Gasteiger partial charge on any atom is -0.283 e. The lowest BCUT2D eigenvalue weighted by molar-refractivity contribution is 0.597. The average molecular weight is 324 g/mol. The van der Waals surface area contributed by atoms with E-state index in [4.69, 9.17) is 0 Å². The summed E-state index contributed by atoms with van der Waals surface area (Å²) in [5.74, 6) is -0.426. The van der Waals surface area contributed by atoms with E-state index in [-0.39, 0.29) is 5.75 Å². The Hall–Kier alpha value is -0.620. The van der Waals surface area contributed by atoms with Gasteiger partial charge < -0.3 is 0 Å². The first-order valence-electron chi connectivity index (χ1n) is 5.32. The van der Waals surface area contributed by atoms with Gasteiger partial charge in [0.05, 0.1) is 15.9 Å². The van der Waals surface area contributed by atoms with E-state index in [2.05, 4.69) is 20.7 Å². The molecule has 0 bridgehead atoms. The lowest BCUT2D eigenvalue weighted by atomic mass is 10.2. The first-order chi connectivity index (χ1) is 7.85. The van der Waals surface area contributed by atoms with Crippen LogP contribution in [-0.2, 0) is 10.0 Å². The first kappa shape index (κ1) is 14.4. The minimum atomic E-state index is -3.38. The van der Waals surface area contributed by atoms with Crippen molar-refractivity contribution in [3.63, 3.8) is 0 Å². The van der Waals surface area contributed by atoms with Crippen LogP contribution in [0.25, 0.3) is 0 Å². The van der Waals surface area contributed by atoms with Gasteiger partial charge in [-0.25, -0.2) is 12.8 Å². The van der Waals surface area contributed by atoms with Gasteiger partial charge in [-0.05, 0) is 47.0 Å². The van der Waals surface area contributed by atoms with Crippen molar-refractivity contribution >= 4 is 31.6 Å². The number of nitrogens with one attached hydrogen (secondary N) is 1. The molecule has 0 aliphatic heterocycles. The van der Waals surface area contributed by atoms with Crippen LogP contribution in [0, 0.1) is 12.7 Å². The maximum Gasteiger partial charge on any atom is 0.232 e. The van der Waals surface area contributed by atoms with Crippen molar-refractivity contribution in [2.24, 2.45) is 0 Å². The molecule has 0 heterocycles. The summed E-state index contributed by atoms with van der Waals surface area (Å²) in [5, 5.41) is 0. The highest BCUT2D eigenvalue weighted by Crippen LogP contribution is 2.24. The Labute approximate surface area is 110 Å². The van der Waals surface area contributed by atoms with Crippen molar-refractivity contribution in [2.75, 3.05) is 10.5 Å². The molecule has 0 amide bonds. The van der Waals surface area contributed by atoms with Crippen LogP contribution in [0.1, 0.15) is 25.3 Å². The highest BCUT2D eigenvalue weighted by atomic mass is 79.9. The molecule has 1 aromatic rings. The van der Waals surface area contributed by atoms with E-state index in [0.29, 0.717) is 22.1 Å². The zero-order chi connectivity index (χ0) is 13.1. The van der Waals surface area contributed by atoms with Gasteiger partial charge in [0.2, 0.25) is 10.0 Å². The lowest BCUT2D eigenvalue weighted by Crippen LogP contribution is -2.17. The Balaban J connectivity index is 2.92. The van der Waals surface area contributed by atoms with Crippen molar-refractivity contribution in [1.82, 2.24) is 0 Å². The van der Waals surface area contributed by atoms with E-state index in [1.54, 1.807) is 13.0 Å². The predicted octanol–water partition coefficient (Wildman–Crippen LogP) is 3.44. The van der Waals surface area contributed by atoms with Crippen LogP contribution in [0.4, 0.5) is 10.1 Å². The number of rotatable bonds is 5. The van der Waals surface area contributed by atoms with E-state index in [1.165, 1.54) is 6.07 Å². The summed E-state index contributed by atoms with van der Waals surface area (Å²) in [6.45, 7) is 3.64. The van der Waals surface area contributed by atoms with Crippen LogP contribution in [0.2, 0.25) is 0 Å². The van der Waals surface area contributed by atoms with Gasteiger partial charge in [-0.1, -0.05) is 13.3 Å². The molecule has 1 rings (SSSR count). The average Bonchev–Trinajstić information content (AvgIpc) is 2.23. The molecule has 17 heavy (non-hydrogen) atoms. The molecule has 0 saturated heterocycles. The van der Waals surface area contributed by atoms with Gasteiger partial charge in [-0.15, -0.1) is 0 Å². The maximum atomic E-state index is 13.3. The smallest absolute Gasteiger partial charge is 0.232 e. The number of unbranched alkanes of at least 4 members (excludes halogenated alkanes) is 1. The van der Waals surface area contributed by atoms with Crippen molar-refractivity contribution < 1.29 is 12.8 Å². The van der Waals surface area contributed by atoms with Crippen molar-refractivity contribution in [1.29, 1.82) is 0 Å². The summed E-state index contributed by atoms with van der Waals surface area (Å²) in [7, 11) is -3.38. The van der Waals surface area contributed by atoms with Crippen molar-refractivity contribution in [3.8, 4) is 0 Å². The van der Waals surface area contributed by atoms with Crippen LogP contribution in [0.5, 0.6) is 0 Å². The fourth-order valence-electron chi connectivity index (χ4n) is 1.31. The molecule has 1 N–H and O–H groups in total. The molecule has 3 nitrogen and oxygen atoms in total. The Bertz CT molecular complexity index is 502. The van der Waals surface area contributed by atoms with E-state index < -0.39 is 15.8 Å². The van der Waals surface area contributed by atoms with Crippen molar-refractivity contribution in [3.05, 3.63) is 28.0 Å². The summed E-state index contributed by atoms with van der Waals surface area (Å²) >= 11 is 3.05. The summed E-state index contributed by atoms with van der Waals surface area (Å²) in [6.07, 6.45) is 1.39. The summed E-state index contributed by atoms with van der Waals surface area (Å²) < 4.78 is 39.4. The molecule has 1 aromatic carbocycles. The van der Waals surface area contributed by atoms with Crippen LogP contribution in [0.3, 0.4) is 0 Å². The Morgan fingerprint density at radius 3 is 2.65 bits per heavy atom. The maximum absolute atomic E-state index is 13.3. The fourth-order valence-corrected chi connectivity index (χ4v) is 3.09. The highest BCUT2D eigenvalue weighted by Gasteiger charge is 2.13. The largest absolute Gasteiger partial charge is 0.283 e. The Morgan fingerprint density at radius 2 is 2.06 bits per heavy atom. The number of sulfonamides is 1. The summed E-state index contributed by atoms with van der Waals surface area (Å²) in [6, 6.07) is 2.73. The highest BCUT2D eigenvalue weighted by molar-refractivity contribution is 9.10. The SMILES string of the molecule is CCCCS(=O)(=O)Nc1cc(F)c(Br)cc1C. The molecule has 6 heteroatoms. The second-order valence-corrected chi connectivity index (χ2v) is 6.55. The van der Waals surface area contributed by atoms with Crippen LogP contribution in [0.15, 0.2) is 16.6 Å². The van der Waals surface area contributed by atoms with Crippen molar-refractivity contribution in [2.45, 2.75) is 26.7 Å². The first-order valence-corrected chi connectivity index (χ1v) is 7.76. The molecule has 0 atom stereocenters. The van der Waals surface area contributed by atoms with Gasteiger partial charge in [-0.2, -0.15) is 0 Å². The van der Waals surface area contributed by atoms with Gasteiger partial charge in [0.1, 0.15) is 5.82 Å². The van der Waals surface area contributed by atoms with Gasteiger partial charge in [-0.3, -0.25) is 4.72 Å². The van der Waals surface area contributed by atoms with Gasteiger partial charge in [0.25, 0.3) is 0 Å². The summed E-state index contributed by atoms with van der Waals surface area (Å²) in [4.78, 5) is 0. The quantitative estimate of drug-likeness (QED) is 0.902. The number of hydrogen-bond donors (Lipinski definition) is 1. The van der Waals surface area contributed by atoms with Crippen LogP contribution < -0.4 is 4.72 Å². The Kier molecular flexibility index (Phi) is 4.94. The van der Waals surface area contributed by atoms with E-state index >= 15 is 0 Å². The topological polar surface area (TPSA) is 46.2 Å². The molecule has 0 radical (unpaired) electrons. The second-order valence-electron chi connectivity index (χ2n) is 3.86. The van der Waals surface area contributed by atoms with E-state index in [0.717, 1.165) is 6.42 Å². The third-order valence-corrected chi connectivity index (χ3v) is 4.26. The van der Waals surface area contributed by atoms with Gasteiger partial charge in [0, 0.05) is 0 Å². The molecule has 0 unspecified atom stereocenters. The third-order valence-electron chi connectivity index (χ3n) is 2.30. The molecule has 0 spiro atoms. The molecule has 0 aromatic heterocycles. The normalized spacial score (nSPS) is 11.5. The van der Waals surface area contributed by atoms with Crippen LogP contribution in [-0.4, -0.2) is 14.2 Å². The predicted molar refractivity (Wildman–Crippen MR) is 71.2 cm³/mol. The molecule has 96 valence electrons. The molecule has 0 fully saturated rings.